The number of hydrogen-bond donors (Lipinski definition) is 2. The highest BCUT2D eigenvalue weighted by molar-refractivity contribution is 6.04. The maximum absolute atomic E-state index is 14.6. The van der Waals surface area contributed by atoms with Crippen LogP contribution in [0.15, 0.2) is 66.2 Å². The Morgan fingerprint density at radius 1 is 0.932 bits per heavy atom. The van der Waals surface area contributed by atoms with Gasteiger partial charge in [0.2, 0.25) is 0 Å². The molecule has 2 aliphatic heterocycles. The Hall–Kier alpha value is -4.10. The number of ether oxygens (including phenoxy) is 1. The summed E-state index contributed by atoms with van der Waals surface area (Å²) in [6.45, 7) is 10.5. The van der Waals surface area contributed by atoms with Gasteiger partial charge < -0.3 is 20.1 Å². The van der Waals surface area contributed by atoms with Crippen LogP contribution in [0.1, 0.15) is 58.2 Å². The Bertz CT molecular complexity index is 1590. The minimum atomic E-state index is -0.961. The standard InChI is InChI=1S/C37H43N3O4/c1-23-9-10-25(3)35(26(23)4)44-18-17-27-11-13-28(14-12-27)32-19-31-20-38-21-33(40(31)37(42)43)34(32)36(41)39(30-15-16-30)22-29-8-6-5-7-24(29)2/h5-14,30-31,33,38H,15-22H2,1-4H3,(H,42,43)/t31-,33-/m1/s1. The number of carboxylic acid groups (broad SMARTS) is 1. The van der Waals surface area contributed by atoms with Crippen molar-refractivity contribution in [3.63, 3.8) is 0 Å². The molecule has 2 amide bonds. The van der Waals surface area contributed by atoms with Crippen LogP contribution in [-0.4, -0.2) is 64.7 Å². The molecular weight excluding hydrogens is 550 g/mol. The van der Waals surface area contributed by atoms with Gasteiger partial charge >= 0.3 is 6.09 Å². The lowest BCUT2D eigenvalue weighted by molar-refractivity contribution is -0.129. The zero-order chi connectivity index (χ0) is 31.0. The van der Waals surface area contributed by atoms with E-state index in [1.54, 1.807) is 0 Å². The summed E-state index contributed by atoms with van der Waals surface area (Å²) >= 11 is 0. The molecule has 3 aromatic carbocycles. The van der Waals surface area contributed by atoms with E-state index in [4.69, 9.17) is 4.74 Å². The Kier molecular flexibility index (Phi) is 8.50. The largest absolute Gasteiger partial charge is 0.493 e. The fourth-order valence-corrected chi connectivity index (χ4v) is 6.80. The van der Waals surface area contributed by atoms with Crippen LogP contribution in [0.4, 0.5) is 4.79 Å². The van der Waals surface area contributed by atoms with Crippen molar-refractivity contribution in [3.8, 4) is 5.75 Å². The van der Waals surface area contributed by atoms with Gasteiger partial charge in [-0.25, -0.2) is 4.79 Å². The summed E-state index contributed by atoms with van der Waals surface area (Å²) in [5.41, 5.74) is 9.59. The molecule has 0 radical (unpaired) electrons. The average molecular weight is 594 g/mol. The van der Waals surface area contributed by atoms with E-state index in [1.807, 2.05) is 17.0 Å². The van der Waals surface area contributed by atoms with Crippen LogP contribution in [0.3, 0.4) is 0 Å². The number of rotatable bonds is 9. The first kappa shape index (κ1) is 29.9. The third-order valence-electron chi connectivity index (χ3n) is 9.66. The molecule has 0 unspecified atom stereocenters. The first-order valence-corrected chi connectivity index (χ1v) is 15.8. The van der Waals surface area contributed by atoms with Crippen molar-refractivity contribution in [1.82, 2.24) is 15.1 Å². The minimum absolute atomic E-state index is 0.0366. The van der Waals surface area contributed by atoms with Crippen LogP contribution in [0.25, 0.3) is 5.57 Å². The minimum Gasteiger partial charge on any atom is -0.493 e. The van der Waals surface area contributed by atoms with Crippen LogP contribution in [-0.2, 0) is 17.8 Å². The lowest BCUT2D eigenvalue weighted by atomic mass is 9.81. The van der Waals surface area contributed by atoms with Crippen molar-refractivity contribution < 1.29 is 19.4 Å². The number of hydrogen-bond acceptors (Lipinski definition) is 4. The molecule has 7 nitrogen and oxygen atoms in total. The van der Waals surface area contributed by atoms with E-state index in [-0.39, 0.29) is 18.0 Å². The van der Waals surface area contributed by atoms with E-state index in [0.717, 1.165) is 58.4 Å². The lowest BCUT2D eigenvalue weighted by Gasteiger charge is -2.47. The van der Waals surface area contributed by atoms with Gasteiger partial charge in [0.25, 0.3) is 5.91 Å². The Morgan fingerprint density at radius 2 is 1.66 bits per heavy atom. The number of aryl methyl sites for hydroxylation is 3. The number of nitrogens with one attached hydrogen (secondary N) is 1. The topological polar surface area (TPSA) is 82.1 Å². The molecule has 2 N–H and O–H groups in total. The molecule has 2 fully saturated rings. The number of fused-ring (bicyclic) bond motifs is 2. The summed E-state index contributed by atoms with van der Waals surface area (Å²) < 4.78 is 6.22. The Morgan fingerprint density at radius 3 is 2.36 bits per heavy atom. The predicted molar refractivity (Wildman–Crippen MR) is 173 cm³/mol. The van der Waals surface area contributed by atoms with Crippen LogP contribution in [0.5, 0.6) is 5.75 Å². The van der Waals surface area contributed by atoms with E-state index in [2.05, 4.69) is 81.5 Å². The van der Waals surface area contributed by atoms with Gasteiger partial charge in [-0.2, -0.15) is 0 Å². The summed E-state index contributed by atoms with van der Waals surface area (Å²) in [6, 6.07) is 20.3. The van der Waals surface area contributed by atoms with Crippen molar-refractivity contribution in [1.29, 1.82) is 0 Å². The molecule has 44 heavy (non-hydrogen) atoms. The molecule has 3 aliphatic rings. The van der Waals surface area contributed by atoms with Crippen molar-refractivity contribution in [3.05, 3.63) is 105 Å². The summed E-state index contributed by atoms with van der Waals surface area (Å²) in [6.07, 6.45) is 2.27. The maximum Gasteiger partial charge on any atom is 0.408 e. The average Bonchev–Trinajstić information content (AvgIpc) is 3.85. The quantitative estimate of drug-likeness (QED) is 0.308. The summed E-state index contributed by atoms with van der Waals surface area (Å²) in [4.78, 5) is 30.6. The highest BCUT2D eigenvalue weighted by atomic mass is 16.5. The summed E-state index contributed by atoms with van der Waals surface area (Å²) in [5.74, 6) is 0.928. The fraction of sp³-hybridized carbons (Fsp3) is 0.405. The van der Waals surface area contributed by atoms with Crippen LogP contribution in [0, 0.1) is 27.7 Å². The smallest absolute Gasteiger partial charge is 0.408 e. The molecule has 2 atom stereocenters. The lowest BCUT2D eigenvalue weighted by Crippen LogP contribution is -2.63. The van der Waals surface area contributed by atoms with E-state index in [0.29, 0.717) is 38.2 Å². The molecule has 7 heteroatoms. The van der Waals surface area contributed by atoms with Gasteiger partial charge in [-0.05, 0) is 91.5 Å². The number of carbonyl (C=O) groups is 2. The van der Waals surface area contributed by atoms with Gasteiger partial charge in [-0.1, -0.05) is 60.7 Å². The number of carbonyl (C=O) groups excluding carboxylic acids is 1. The van der Waals surface area contributed by atoms with Crippen molar-refractivity contribution in [2.24, 2.45) is 0 Å². The molecular formula is C37H43N3O4. The fourth-order valence-electron chi connectivity index (χ4n) is 6.80. The van der Waals surface area contributed by atoms with E-state index in [9.17, 15) is 14.7 Å². The highest BCUT2D eigenvalue weighted by Crippen LogP contribution is 2.40. The molecule has 2 heterocycles. The zero-order valence-electron chi connectivity index (χ0n) is 26.2. The van der Waals surface area contributed by atoms with Gasteiger partial charge in [0.05, 0.1) is 18.7 Å². The van der Waals surface area contributed by atoms with Gasteiger partial charge in [0.1, 0.15) is 5.75 Å². The third kappa shape index (κ3) is 5.98. The highest BCUT2D eigenvalue weighted by Gasteiger charge is 2.46. The maximum atomic E-state index is 14.6. The summed E-state index contributed by atoms with van der Waals surface area (Å²) in [7, 11) is 0. The van der Waals surface area contributed by atoms with Gasteiger partial charge in [-0.15, -0.1) is 0 Å². The molecule has 0 spiro atoms. The Balaban J connectivity index is 1.29. The molecule has 1 aliphatic carbocycles. The van der Waals surface area contributed by atoms with Crippen LogP contribution >= 0.6 is 0 Å². The molecule has 230 valence electrons. The number of piperazine rings is 1. The molecule has 3 aromatic rings. The number of benzene rings is 3. The second-order valence-electron chi connectivity index (χ2n) is 12.7. The van der Waals surface area contributed by atoms with Gasteiger partial charge in [0.15, 0.2) is 0 Å². The molecule has 1 saturated heterocycles. The van der Waals surface area contributed by atoms with E-state index in [1.165, 1.54) is 16.0 Å². The van der Waals surface area contributed by atoms with E-state index < -0.39 is 12.1 Å². The Labute approximate surface area is 260 Å². The molecule has 0 aromatic heterocycles. The summed E-state index contributed by atoms with van der Waals surface area (Å²) in [5, 5.41) is 13.6. The molecule has 6 rings (SSSR count). The zero-order valence-corrected chi connectivity index (χ0v) is 26.2. The normalized spacial score (nSPS) is 19.6. The molecule has 2 bridgehead atoms. The van der Waals surface area contributed by atoms with Crippen molar-refractivity contribution in [2.75, 3.05) is 19.7 Å². The number of nitrogens with zero attached hydrogens (tertiary/aromatic N) is 2. The van der Waals surface area contributed by atoms with Crippen molar-refractivity contribution in [2.45, 2.75) is 78.0 Å². The van der Waals surface area contributed by atoms with E-state index >= 15 is 0 Å². The van der Waals surface area contributed by atoms with Crippen molar-refractivity contribution >= 4 is 17.6 Å². The second-order valence-corrected chi connectivity index (χ2v) is 12.7. The predicted octanol–water partition coefficient (Wildman–Crippen LogP) is 6.21. The SMILES string of the molecule is Cc1ccccc1CN(C(=O)C1=C(c2ccc(CCOc3c(C)ccc(C)c3C)cc2)C[C@@H]2CNC[C@H]1N2C(=O)O)C1CC1. The van der Waals surface area contributed by atoms with Gasteiger partial charge in [0, 0.05) is 37.7 Å². The van der Waals surface area contributed by atoms with Crippen LogP contribution in [0.2, 0.25) is 0 Å². The third-order valence-corrected chi connectivity index (χ3v) is 9.66. The van der Waals surface area contributed by atoms with Gasteiger partial charge in [-0.3, -0.25) is 9.69 Å². The second kappa shape index (κ2) is 12.5. The number of amides is 2. The monoisotopic (exact) mass is 593 g/mol. The first-order valence-electron chi connectivity index (χ1n) is 15.8. The first-order chi connectivity index (χ1) is 21.2. The van der Waals surface area contributed by atoms with Crippen LogP contribution < -0.4 is 10.1 Å². The molecule has 1 saturated carbocycles.